The van der Waals surface area contributed by atoms with Gasteiger partial charge in [0, 0.05) is 37.3 Å². The van der Waals surface area contributed by atoms with E-state index in [0.717, 1.165) is 23.8 Å². The summed E-state index contributed by atoms with van der Waals surface area (Å²) < 4.78 is 5.73. The zero-order chi connectivity index (χ0) is 16.3. The van der Waals surface area contributed by atoms with Gasteiger partial charge in [-0.15, -0.1) is 11.3 Å². The maximum absolute atomic E-state index is 10.3. The van der Waals surface area contributed by atoms with Gasteiger partial charge in [-0.3, -0.25) is 4.90 Å². The molecule has 3 unspecified atom stereocenters. The van der Waals surface area contributed by atoms with Gasteiger partial charge in [0.25, 0.3) is 0 Å². The van der Waals surface area contributed by atoms with Crippen LogP contribution in [0.5, 0.6) is 0 Å². The highest BCUT2D eigenvalue weighted by Crippen LogP contribution is 2.23. The zero-order valence-electron chi connectivity index (χ0n) is 14.3. The van der Waals surface area contributed by atoms with Gasteiger partial charge >= 0.3 is 0 Å². The van der Waals surface area contributed by atoms with Crippen LogP contribution in [0, 0.1) is 6.92 Å². The molecule has 1 saturated heterocycles. The molecule has 1 aromatic rings. The molecule has 126 valence electrons. The molecule has 2 rings (SSSR count). The highest BCUT2D eigenvalue weighted by molar-refractivity contribution is 7.09. The molecule has 0 radical (unpaired) electrons. The van der Waals surface area contributed by atoms with Gasteiger partial charge in [-0.05, 0) is 34.6 Å². The quantitative estimate of drug-likeness (QED) is 0.834. The monoisotopic (exact) mass is 327 g/mol. The van der Waals surface area contributed by atoms with Crippen LogP contribution in [-0.2, 0) is 10.3 Å². The third-order valence-electron chi connectivity index (χ3n) is 3.90. The van der Waals surface area contributed by atoms with Crippen LogP contribution < -0.4 is 5.32 Å². The van der Waals surface area contributed by atoms with E-state index in [1.54, 1.807) is 11.3 Å². The maximum atomic E-state index is 10.3. The zero-order valence-corrected chi connectivity index (χ0v) is 15.1. The Morgan fingerprint density at radius 3 is 2.64 bits per heavy atom. The Morgan fingerprint density at radius 1 is 1.45 bits per heavy atom. The average molecular weight is 327 g/mol. The highest BCUT2D eigenvalue weighted by atomic mass is 32.1. The lowest BCUT2D eigenvalue weighted by molar-refractivity contribution is -0.0764. The highest BCUT2D eigenvalue weighted by Gasteiger charge is 2.27. The van der Waals surface area contributed by atoms with Crippen molar-refractivity contribution in [1.29, 1.82) is 0 Å². The number of ether oxygens (including phenoxy) is 1. The molecule has 0 saturated carbocycles. The Morgan fingerprint density at radius 2 is 2.09 bits per heavy atom. The fraction of sp³-hybridized carbons (Fsp3) is 0.812. The molecular weight excluding hydrogens is 298 g/mol. The van der Waals surface area contributed by atoms with Crippen molar-refractivity contribution >= 4 is 11.3 Å². The Hall–Kier alpha value is -0.530. The Kier molecular flexibility index (Phi) is 5.96. The van der Waals surface area contributed by atoms with E-state index in [9.17, 15) is 5.11 Å². The molecule has 2 N–H and O–H groups in total. The lowest BCUT2D eigenvalue weighted by Gasteiger charge is -2.36. The number of hydrogen-bond donors (Lipinski definition) is 2. The van der Waals surface area contributed by atoms with Crippen LogP contribution in [0.4, 0.5) is 0 Å². The van der Waals surface area contributed by atoms with Crippen LogP contribution in [-0.4, -0.2) is 59.5 Å². The van der Waals surface area contributed by atoms with E-state index < -0.39 is 6.10 Å². The van der Waals surface area contributed by atoms with E-state index >= 15 is 0 Å². The van der Waals surface area contributed by atoms with E-state index in [1.807, 2.05) is 6.92 Å². The SMILES string of the molecule is Cc1csc(C(C)(C)NCC(O)CN2CC(C)OC(C)C2)n1. The summed E-state index contributed by atoms with van der Waals surface area (Å²) in [7, 11) is 0. The normalized spacial score (nSPS) is 25.4. The number of nitrogens with zero attached hydrogens (tertiary/aromatic N) is 2. The second-order valence-corrected chi connectivity index (χ2v) is 7.79. The lowest BCUT2D eigenvalue weighted by Crippen LogP contribution is -2.50. The minimum Gasteiger partial charge on any atom is -0.390 e. The third kappa shape index (κ3) is 4.99. The van der Waals surface area contributed by atoms with Crippen molar-refractivity contribution in [2.45, 2.75) is 58.5 Å². The van der Waals surface area contributed by atoms with Crippen molar-refractivity contribution in [1.82, 2.24) is 15.2 Å². The fourth-order valence-electron chi connectivity index (χ4n) is 2.89. The maximum Gasteiger partial charge on any atom is 0.112 e. The van der Waals surface area contributed by atoms with Crippen LogP contribution >= 0.6 is 11.3 Å². The largest absolute Gasteiger partial charge is 0.390 e. The minimum atomic E-state index is -0.391. The fourth-order valence-corrected chi connectivity index (χ4v) is 3.78. The second kappa shape index (κ2) is 7.36. The molecule has 0 spiro atoms. The van der Waals surface area contributed by atoms with Crippen LogP contribution in [0.25, 0.3) is 0 Å². The summed E-state index contributed by atoms with van der Waals surface area (Å²) in [5, 5.41) is 16.9. The van der Waals surface area contributed by atoms with Gasteiger partial charge in [-0.1, -0.05) is 0 Å². The number of aliphatic hydroxyl groups is 1. The topological polar surface area (TPSA) is 57.6 Å². The van der Waals surface area contributed by atoms with Crippen LogP contribution in [0.1, 0.15) is 38.4 Å². The number of rotatable bonds is 6. The second-order valence-electron chi connectivity index (χ2n) is 6.93. The van der Waals surface area contributed by atoms with E-state index in [1.165, 1.54) is 0 Å². The van der Waals surface area contributed by atoms with Crippen LogP contribution in [0.3, 0.4) is 0 Å². The molecule has 22 heavy (non-hydrogen) atoms. The van der Waals surface area contributed by atoms with Crippen LogP contribution in [0.2, 0.25) is 0 Å². The molecule has 0 aromatic carbocycles. The first kappa shape index (κ1) is 17.8. The molecule has 0 bridgehead atoms. The summed E-state index contributed by atoms with van der Waals surface area (Å²) in [4.78, 5) is 6.83. The predicted octanol–water partition coefficient (Wildman–Crippen LogP) is 1.75. The number of morpholine rings is 1. The Labute approximate surface area is 137 Å². The first-order valence-corrected chi connectivity index (χ1v) is 8.87. The standard InChI is InChI=1S/C16H29N3O2S/c1-11-10-22-15(18-11)16(4,5)17-6-14(20)9-19-7-12(2)21-13(3)8-19/h10,12-14,17,20H,6-9H2,1-5H3. The number of β-amino-alcohol motifs (C(OH)–C–C–N with tert-alkyl or cyclic N) is 1. The summed E-state index contributed by atoms with van der Waals surface area (Å²) >= 11 is 1.66. The Bertz CT molecular complexity index is 468. The molecule has 0 aliphatic carbocycles. The number of hydrogen-bond acceptors (Lipinski definition) is 6. The van der Waals surface area contributed by atoms with Gasteiger partial charge in [0.15, 0.2) is 0 Å². The van der Waals surface area contributed by atoms with Crippen molar-refractivity contribution in [3.05, 3.63) is 16.1 Å². The molecular formula is C16H29N3O2S. The molecule has 6 heteroatoms. The number of aromatic nitrogens is 1. The summed E-state index contributed by atoms with van der Waals surface area (Å²) in [6, 6.07) is 0. The number of aryl methyl sites for hydroxylation is 1. The van der Waals surface area contributed by atoms with Gasteiger partial charge in [0.05, 0.1) is 23.9 Å². The molecule has 1 fully saturated rings. The Balaban J connectivity index is 1.80. The van der Waals surface area contributed by atoms with Gasteiger partial charge in [-0.2, -0.15) is 0 Å². The van der Waals surface area contributed by atoms with Crippen molar-refractivity contribution in [2.75, 3.05) is 26.2 Å². The first-order valence-electron chi connectivity index (χ1n) is 8.00. The summed E-state index contributed by atoms with van der Waals surface area (Å²) in [5.41, 5.74) is 0.831. The van der Waals surface area contributed by atoms with Crippen molar-refractivity contribution in [2.24, 2.45) is 0 Å². The molecule has 3 atom stereocenters. The van der Waals surface area contributed by atoms with E-state index in [0.29, 0.717) is 13.1 Å². The van der Waals surface area contributed by atoms with Crippen molar-refractivity contribution < 1.29 is 9.84 Å². The number of thiazole rings is 1. The van der Waals surface area contributed by atoms with Crippen molar-refractivity contribution in [3.63, 3.8) is 0 Å². The molecule has 2 heterocycles. The number of nitrogens with one attached hydrogen (secondary N) is 1. The summed E-state index contributed by atoms with van der Waals surface area (Å²) in [6.07, 6.45) is 0.0788. The van der Waals surface area contributed by atoms with Gasteiger partial charge in [0.1, 0.15) is 5.01 Å². The lowest BCUT2D eigenvalue weighted by atomic mass is 10.1. The summed E-state index contributed by atoms with van der Waals surface area (Å²) in [5.74, 6) is 0. The smallest absolute Gasteiger partial charge is 0.112 e. The summed E-state index contributed by atoms with van der Waals surface area (Å²) in [6.45, 7) is 13.4. The van der Waals surface area contributed by atoms with Crippen LogP contribution in [0.15, 0.2) is 5.38 Å². The van der Waals surface area contributed by atoms with Crippen molar-refractivity contribution in [3.8, 4) is 0 Å². The molecule has 1 aliphatic rings. The van der Waals surface area contributed by atoms with E-state index in [-0.39, 0.29) is 17.7 Å². The van der Waals surface area contributed by atoms with Gasteiger partial charge in [0.2, 0.25) is 0 Å². The van der Waals surface area contributed by atoms with Gasteiger partial charge in [-0.25, -0.2) is 4.98 Å². The molecule has 1 aliphatic heterocycles. The average Bonchev–Trinajstić information content (AvgIpc) is 2.83. The molecule has 1 aromatic heterocycles. The van der Waals surface area contributed by atoms with E-state index in [4.69, 9.17) is 4.74 Å². The number of aliphatic hydroxyl groups excluding tert-OH is 1. The predicted molar refractivity (Wildman–Crippen MR) is 90.3 cm³/mol. The van der Waals surface area contributed by atoms with E-state index in [2.05, 4.69) is 48.3 Å². The first-order chi connectivity index (χ1) is 10.3. The third-order valence-corrected chi connectivity index (χ3v) is 5.18. The van der Waals surface area contributed by atoms with Gasteiger partial charge < -0.3 is 15.2 Å². The molecule has 5 nitrogen and oxygen atoms in total. The minimum absolute atomic E-state index is 0.217. The molecule has 0 amide bonds.